The van der Waals surface area contributed by atoms with Crippen LogP contribution in [0.4, 0.5) is 0 Å². The van der Waals surface area contributed by atoms with E-state index >= 15 is 0 Å². The van der Waals surface area contributed by atoms with Crippen molar-refractivity contribution in [1.29, 1.82) is 0 Å². The molecule has 2 rings (SSSR count). The standard InChI is InChI=1S/C16H25NO3/c1-2-9-18-10-4-8-17-13-14-6-3-7-15-16(14)20-12-5-11-19-15/h3,6-7,17H,2,4-5,8-13H2,1H3. The number of ether oxygens (including phenoxy) is 3. The topological polar surface area (TPSA) is 39.7 Å². The summed E-state index contributed by atoms with van der Waals surface area (Å²) in [7, 11) is 0. The summed E-state index contributed by atoms with van der Waals surface area (Å²) in [6.07, 6.45) is 3.06. The Morgan fingerprint density at radius 2 is 2.10 bits per heavy atom. The van der Waals surface area contributed by atoms with Gasteiger partial charge in [0.25, 0.3) is 0 Å². The first-order valence-corrected chi connectivity index (χ1v) is 7.57. The van der Waals surface area contributed by atoms with Gasteiger partial charge in [-0.3, -0.25) is 0 Å². The van der Waals surface area contributed by atoms with Gasteiger partial charge in [-0.1, -0.05) is 19.1 Å². The lowest BCUT2D eigenvalue weighted by Crippen LogP contribution is -2.17. The molecule has 1 aromatic carbocycles. The molecule has 1 aliphatic heterocycles. The zero-order valence-corrected chi connectivity index (χ0v) is 12.3. The van der Waals surface area contributed by atoms with E-state index in [1.807, 2.05) is 12.1 Å². The summed E-state index contributed by atoms with van der Waals surface area (Å²) < 4.78 is 16.9. The normalized spacial score (nSPS) is 14.1. The van der Waals surface area contributed by atoms with Gasteiger partial charge in [-0.25, -0.2) is 0 Å². The van der Waals surface area contributed by atoms with E-state index in [4.69, 9.17) is 14.2 Å². The van der Waals surface area contributed by atoms with Gasteiger partial charge in [-0.15, -0.1) is 0 Å². The maximum atomic E-state index is 5.80. The van der Waals surface area contributed by atoms with Crippen molar-refractivity contribution in [1.82, 2.24) is 5.32 Å². The molecule has 112 valence electrons. The monoisotopic (exact) mass is 279 g/mol. The third kappa shape index (κ3) is 4.69. The van der Waals surface area contributed by atoms with Gasteiger partial charge in [-0.05, 0) is 25.5 Å². The van der Waals surface area contributed by atoms with Gasteiger partial charge in [0.2, 0.25) is 0 Å². The zero-order valence-electron chi connectivity index (χ0n) is 12.3. The number of hydrogen-bond acceptors (Lipinski definition) is 4. The van der Waals surface area contributed by atoms with Crippen LogP contribution in [0.3, 0.4) is 0 Å². The Labute approximate surface area is 121 Å². The predicted molar refractivity (Wildman–Crippen MR) is 79.5 cm³/mol. The SMILES string of the molecule is CCCOCCCNCc1cccc2c1OCCCO2. The molecular formula is C16H25NO3. The molecule has 0 amide bonds. The van der Waals surface area contributed by atoms with Crippen LogP contribution in [0.1, 0.15) is 31.7 Å². The van der Waals surface area contributed by atoms with Crippen LogP contribution in [0, 0.1) is 0 Å². The maximum absolute atomic E-state index is 5.80. The predicted octanol–water partition coefficient (Wildman–Crippen LogP) is 2.75. The molecule has 0 atom stereocenters. The molecule has 0 aliphatic carbocycles. The van der Waals surface area contributed by atoms with E-state index in [1.54, 1.807) is 0 Å². The second kappa shape index (κ2) is 8.82. The number of nitrogens with one attached hydrogen (secondary N) is 1. The highest BCUT2D eigenvalue weighted by atomic mass is 16.5. The Bertz CT molecular complexity index is 395. The first-order valence-electron chi connectivity index (χ1n) is 7.57. The first kappa shape index (κ1) is 15.1. The number of para-hydroxylation sites is 1. The molecule has 1 N–H and O–H groups in total. The Kier molecular flexibility index (Phi) is 6.68. The van der Waals surface area contributed by atoms with Crippen LogP contribution in [-0.4, -0.2) is 33.0 Å². The highest BCUT2D eigenvalue weighted by molar-refractivity contribution is 5.46. The molecule has 0 unspecified atom stereocenters. The smallest absolute Gasteiger partial charge is 0.165 e. The molecule has 0 aromatic heterocycles. The fourth-order valence-corrected chi connectivity index (χ4v) is 2.16. The third-order valence-corrected chi connectivity index (χ3v) is 3.16. The van der Waals surface area contributed by atoms with Crippen molar-refractivity contribution in [3.8, 4) is 11.5 Å². The Morgan fingerprint density at radius 3 is 3.00 bits per heavy atom. The van der Waals surface area contributed by atoms with E-state index in [0.717, 1.165) is 70.3 Å². The quantitative estimate of drug-likeness (QED) is 0.743. The lowest BCUT2D eigenvalue weighted by Gasteiger charge is -2.13. The largest absolute Gasteiger partial charge is 0.490 e. The fourth-order valence-electron chi connectivity index (χ4n) is 2.16. The first-order chi connectivity index (χ1) is 9.92. The highest BCUT2D eigenvalue weighted by Gasteiger charge is 2.13. The molecule has 0 fully saturated rings. The van der Waals surface area contributed by atoms with Gasteiger partial charge in [0.15, 0.2) is 11.5 Å². The summed E-state index contributed by atoms with van der Waals surface area (Å²) in [5.41, 5.74) is 1.17. The van der Waals surface area contributed by atoms with E-state index in [2.05, 4.69) is 18.3 Å². The maximum Gasteiger partial charge on any atom is 0.165 e. The van der Waals surface area contributed by atoms with Crippen molar-refractivity contribution < 1.29 is 14.2 Å². The summed E-state index contributed by atoms with van der Waals surface area (Å²) >= 11 is 0. The zero-order chi connectivity index (χ0) is 14.0. The summed E-state index contributed by atoms with van der Waals surface area (Å²) in [5, 5.41) is 3.43. The third-order valence-electron chi connectivity index (χ3n) is 3.16. The van der Waals surface area contributed by atoms with Crippen LogP contribution in [0.15, 0.2) is 18.2 Å². The minimum absolute atomic E-state index is 0.731. The number of fused-ring (bicyclic) bond motifs is 1. The van der Waals surface area contributed by atoms with Gasteiger partial charge in [0.05, 0.1) is 13.2 Å². The van der Waals surface area contributed by atoms with Gasteiger partial charge in [0, 0.05) is 31.7 Å². The molecule has 1 heterocycles. The van der Waals surface area contributed by atoms with Crippen molar-refractivity contribution in [2.45, 2.75) is 32.7 Å². The number of hydrogen-bond donors (Lipinski definition) is 1. The Morgan fingerprint density at radius 1 is 1.20 bits per heavy atom. The molecule has 0 bridgehead atoms. The van der Waals surface area contributed by atoms with Gasteiger partial charge >= 0.3 is 0 Å². The molecule has 20 heavy (non-hydrogen) atoms. The van der Waals surface area contributed by atoms with Crippen molar-refractivity contribution in [2.24, 2.45) is 0 Å². The average Bonchev–Trinajstić information content (AvgIpc) is 2.72. The van der Waals surface area contributed by atoms with Crippen molar-refractivity contribution in [3.63, 3.8) is 0 Å². The molecule has 1 aromatic rings. The average molecular weight is 279 g/mol. The van der Waals surface area contributed by atoms with Crippen molar-refractivity contribution in [3.05, 3.63) is 23.8 Å². The highest BCUT2D eigenvalue weighted by Crippen LogP contribution is 2.32. The summed E-state index contributed by atoms with van der Waals surface area (Å²) in [4.78, 5) is 0. The summed E-state index contributed by atoms with van der Waals surface area (Å²) in [5.74, 6) is 1.77. The van der Waals surface area contributed by atoms with E-state index < -0.39 is 0 Å². The van der Waals surface area contributed by atoms with Crippen LogP contribution < -0.4 is 14.8 Å². The Balaban J connectivity index is 1.75. The lowest BCUT2D eigenvalue weighted by molar-refractivity contribution is 0.132. The summed E-state index contributed by atoms with van der Waals surface area (Å²) in [6.45, 7) is 7.04. The molecule has 0 radical (unpaired) electrons. The van der Waals surface area contributed by atoms with Crippen molar-refractivity contribution in [2.75, 3.05) is 33.0 Å². The molecule has 0 saturated heterocycles. The van der Waals surface area contributed by atoms with E-state index in [1.165, 1.54) is 5.56 Å². The van der Waals surface area contributed by atoms with E-state index in [0.29, 0.717) is 0 Å². The fraction of sp³-hybridized carbons (Fsp3) is 0.625. The molecular weight excluding hydrogens is 254 g/mol. The number of benzene rings is 1. The number of rotatable bonds is 8. The molecule has 0 spiro atoms. The Hall–Kier alpha value is -1.26. The second-order valence-electron chi connectivity index (χ2n) is 4.94. The van der Waals surface area contributed by atoms with Gasteiger partial charge < -0.3 is 19.5 Å². The van der Waals surface area contributed by atoms with Crippen LogP contribution in [-0.2, 0) is 11.3 Å². The molecule has 0 saturated carbocycles. The van der Waals surface area contributed by atoms with Crippen molar-refractivity contribution >= 4 is 0 Å². The molecule has 4 heteroatoms. The van der Waals surface area contributed by atoms with E-state index in [9.17, 15) is 0 Å². The minimum Gasteiger partial charge on any atom is -0.490 e. The van der Waals surface area contributed by atoms with E-state index in [-0.39, 0.29) is 0 Å². The van der Waals surface area contributed by atoms with Crippen LogP contribution in [0.2, 0.25) is 0 Å². The second-order valence-corrected chi connectivity index (χ2v) is 4.94. The lowest BCUT2D eigenvalue weighted by atomic mass is 10.2. The van der Waals surface area contributed by atoms with Gasteiger partial charge in [0.1, 0.15) is 0 Å². The van der Waals surface area contributed by atoms with Crippen LogP contribution in [0.5, 0.6) is 11.5 Å². The molecule has 1 aliphatic rings. The van der Waals surface area contributed by atoms with Gasteiger partial charge in [-0.2, -0.15) is 0 Å². The molecule has 4 nitrogen and oxygen atoms in total. The minimum atomic E-state index is 0.731. The van der Waals surface area contributed by atoms with Crippen LogP contribution in [0.25, 0.3) is 0 Å². The van der Waals surface area contributed by atoms with Crippen LogP contribution >= 0.6 is 0 Å². The summed E-state index contributed by atoms with van der Waals surface area (Å²) in [6, 6.07) is 6.09.